The van der Waals surface area contributed by atoms with E-state index in [4.69, 9.17) is 14.2 Å². The summed E-state index contributed by atoms with van der Waals surface area (Å²) in [5.74, 6) is 0.543. The quantitative estimate of drug-likeness (QED) is 0.278. The second kappa shape index (κ2) is 10.3. The van der Waals surface area contributed by atoms with Gasteiger partial charge in [-0.05, 0) is 48.2 Å². The van der Waals surface area contributed by atoms with Crippen LogP contribution in [0.25, 0.3) is 6.08 Å². The van der Waals surface area contributed by atoms with E-state index in [9.17, 15) is 4.79 Å². The lowest BCUT2D eigenvalue weighted by Gasteiger charge is -2.11. The first kappa shape index (κ1) is 19.6. The molecule has 0 radical (unpaired) electrons. The Balaban J connectivity index is 2.09. The van der Waals surface area contributed by atoms with Crippen molar-refractivity contribution >= 4 is 12.0 Å². The van der Waals surface area contributed by atoms with Gasteiger partial charge in [-0.3, -0.25) is 0 Å². The van der Waals surface area contributed by atoms with Crippen molar-refractivity contribution < 1.29 is 19.0 Å². The normalized spacial score (nSPS) is 11.1. The number of rotatable bonds is 9. The summed E-state index contributed by atoms with van der Waals surface area (Å²) in [6, 6.07) is 15.8. The summed E-state index contributed by atoms with van der Waals surface area (Å²) in [6.07, 6.45) is 3.61. The van der Waals surface area contributed by atoms with Gasteiger partial charge in [-0.25, -0.2) is 4.79 Å². The van der Waals surface area contributed by atoms with Crippen LogP contribution in [-0.2, 0) is 20.9 Å². The molecule has 0 N–H and O–H groups in total. The van der Waals surface area contributed by atoms with Crippen molar-refractivity contribution in [3.05, 3.63) is 71.0 Å². The van der Waals surface area contributed by atoms with E-state index in [1.165, 1.54) is 7.11 Å². The second-order valence-corrected chi connectivity index (χ2v) is 5.99. The predicted molar refractivity (Wildman–Crippen MR) is 103 cm³/mol. The summed E-state index contributed by atoms with van der Waals surface area (Å²) in [7, 11) is 1.35. The molecule has 0 amide bonds. The first-order chi connectivity index (χ1) is 12.6. The van der Waals surface area contributed by atoms with Gasteiger partial charge in [0.25, 0.3) is 0 Å². The molecular formula is C22H26O4. The molecule has 4 nitrogen and oxygen atoms in total. The zero-order valence-corrected chi connectivity index (χ0v) is 15.7. The number of carbonyl (C=O) groups excluding carboxylic acids is 1. The maximum absolute atomic E-state index is 11.9. The van der Waals surface area contributed by atoms with Gasteiger partial charge in [0.05, 0.1) is 13.7 Å². The summed E-state index contributed by atoms with van der Waals surface area (Å²) in [6.45, 7) is 5.06. The lowest BCUT2D eigenvalue weighted by Crippen LogP contribution is -2.09. The molecule has 0 aliphatic rings. The van der Waals surface area contributed by atoms with Crippen molar-refractivity contribution in [2.24, 2.45) is 0 Å². The third-order valence-corrected chi connectivity index (χ3v) is 3.92. The molecule has 2 aromatic rings. The fraction of sp³-hybridized carbons (Fsp3) is 0.318. The Morgan fingerprint density at radius 2 is 1.88 bits per heavy atom. The lowest BCUT2D eigenvalue weighted by molar-refractivity contribution is -0.140. The van der Waals surface area contributed by atoms with Crippen molar-refractivity contribution in [3.8, 4) is 5.75 Å². The Labute approximate surface area is 155 Å². The topological polar surface area (TPSA) is 44.8 Å². The maximum Gasteiger partial charge on any atom is 0.373 e. The number of unbranched alkanes of at least 4 members (excludes halogenated alkanes) is 1. The van der Waals surface area contributed by atoms with Gasteiger partial charge in [0.15, 0.2) is 0 Å². The number of aryl methyl sites for hydroxylation is 1. The van der Waals surface area contributed by atoms with Gasteiger partial charge in [0.2, 0.25) is 5.76 Å². The minimum atomic E-state index is -0.468. The van der Waals surface area contributed by atoms with E-state index in [0.717, 1.165) is 35.3 Å². The lowest BCUT2D eigenvalue weighted by atomic mass is 10.1. The molecule has 26 heavy (non-hydrogen) atoms. The first-order valence-electron chi connectivity index (χ1n) is 8.84. The molecule has 0 aliphatic heterocycles. The molecule has 0 unspecified atom stereocenters. The van der Waals surface area contributed by atoms with E-state index in [0.29, 0.717) is 13.2 Å². The van der Waals surface area contributed by atoms with Crippen LogP contribution in [0.4, 0.5) is 0 Å². The first-order valence-corrected chi connectivity index (χ1v) is 8.84. The van der Waals surface area contributed by atoms with E-state index in [1.54, 1.807) is 6.08 Å². The van der Waals surface area contributed by atoms with Gasteiger partial charge in [-0.2, -0.15) is 0 Å². The molecule has 0 saturated carbocycles. The van der Waals surface area contributed by atoms with Crippen molar-refractivity contribution in [3.63, 3.8) is 0 Å². The predicted octanol–water partition coefficient (Wildman–Crippen LogP) is 4.90. The third kappa shape index (κ3) is 5.96. The average molecular weight is 354 g/mol. The summed E-state index contributed by atoms with van der Waals surface area (Å²) in [5, 5.41) is 0. The molecule has 138 valence electrons. The van der Waals surface area contributed by atoms with Crippen molar-refractivity contribution in [2.45, 2.75) is 33.3 Å². The third-order valence-electron chi connectivity index (χ3n) is 3.92. The monoisotopic (exact) mass is 354 g/mol. The minimum Gasteiger partial charge on any atom is -0.489 e. The number of benzene rings is 2. The van der Waals surface area contributed by atoms with Gasteiger partial charge in [0.1, 0.15) is 12.4 Å². The van der Waals surface area contributed by atoms with E-state index in [-0.39, 0.29) is 5.76 Å². The Morgan fingerprint density at radius 1 is 1.12 bits per heavy atom. The van der Waals surface area contributed by atoms with E-state index < -0.39 is 5.97 Å². The molecule has 0 aliphatic carbocycles. The maximum atomic E-state index is 11.9. The van der Waals surface area contributed by atoms with Crippen LogP contribution in [0.5, 0.6) is 5.75 Å². The molecule has 2 aromatic carbocycles. The Bertz CT molecular complexity index is 735. The van der Waals surface area contributed by atoms with Gasteiger partial charge in [-0.1, -0.05) is 49.7 Å². The Morgan fingerprint density at radius 3 is 2.54 bits per heavy atom. The molecule has 0 spiro atoms. The van der Waals surface area contributed by atoms with Gasteiger partial charge >= 0.3 is 5.97 Å². The van der Waals surface area contributed by atoms with Crippen LogP contribution in [-0.4, -0.2) is 19.7 Å². The molecule has 2 rings (SSSR count). The molecule has 0 heterocycles. The summed E-state index contributed by atoms with van der Waals surface area (Å²) >= 11 is 0. The van der Waals surface area contributed by atoms with Crippen molar-refractivity contribution in [2.75, 3.05) is 13.7 Å². The highest BCUT2D eigenvalue weighted by atomic mass is 16.6. The smallest absolute Gasteiger partial charge is 0.373 e. The van der Waals surface area contributed by atoms with E-state index in [1.807, 2.05) is 55.5 Å². The highest BCUT2D eigenvalue weighted by Gasteiger charge is 2.12. The number of hydrogen-bond acceptors (Lipinski definition) is 4. The molecular weight excluding hydrogens is 328 g/mol. The molecule has 0 saturated heterocycles. The number of ether oxygens (including phenoxy) is 3. The minimum absolute atomic E-state index is 0.224. The van der Waals surface area contributed by atoms with Crippen LogP contribution >= 0.6 is 0 Å². The molecule has 0 bridgehead atoms. The molecule has 0 atom stereocenters. The fourth-order valence-electron chi connectivity index (χ4n) is 2.37. The van der Waals surface area contributed by atoms with Crippen LogP contribution in [0.1, 0.15) is 36.5 Å². The van der Waals surface area contributed by atoms with E-state index >= 15 is 0 Å². The van der Waals surface area contributed by atoms with Crippen LogP contribution < -0.4 is 4.74 Å². The van der Waals surface area contributed by atoms with Gasteiger partial charge in [0, 0.05) is 0 Å². The number of methoxy groups -OCH3 is 1. The SMILES string of the molecule is CCCCOC(=Cc1ccc(OCc2ccccc2)cc1C)C(=O)OC. The standard InChI is InChI=1S/C22H26O4/c1-4-5-13-25-21(22(23)24-3)15-19-11-12-20(14-17(19)2)26-16-18-9-7-6-8-10-18/h6-12,14-15H,4-5,13,16H2,1-3H3. The summed E-state index contributed by atoms with van der Waals surface area (Å²) in [5.41, 5.74) is 3.01. The van der Waals surface area contributed by atoms with Gasteiger partial charge < -0.3 is 14.2 Å². The number of esters is 1. The zero-order chi connectivity index (χ0) is 18.8. The molecule has 0 aromatic heterocycles. The largest absolute Gasteiger partial charge is 0.489 e. The average Bonchev–Trinajstić information content (AvgIpc) is 2.67. The van der Waals surface area contributed by atoms with Crippen molar-refractivity contribution in [1.82, 2.24) is 0 Å². The van der Waals surface area contributed by atoms with Crippen molar-refractivity contribution in [1.29, 1.82) is 0 Å². The Kier molecular flexibility index (Phi) is 7.75. The summed E-state index contributed by atoms with van der Waals surface area (Å²) < 4.78 is 16.2. The van der Waals surface area contributed by atoms with Crippen LogP contribution in [0.15, 0.2) is 54.3 Å². The fourth-order valence-corrected chi connectivity index (χ4v) is 2.37. The van der Waals surface area contributed by atoms with Gasteiger partial charge in [-0.15, -0.1) is 0 Å². The zero-order valence-electron chi connectivity index (χ0n) is 15.7. The number of hydrogen-bond donors (Lipinski definition) is 0. The molecule has 0 fully saturated rings. The van der Waals surface area contributed by atoms with E-state index in [2.05, 4.69) is 6.92 Å². The van der Waals surface area contributed by atoms with Crippen LogP contribution in [0.3, 0.4) is 0 Å². The highest BCUT2D eigenvalue weighted by molar-refractivity contribution is 5.91. The molecule has 4 heteroatoms. The Hall–Kier alpha value is -2.75. The summed E-state index contributed by atoms with van der Waals surface area (Å²) in [4.78, 5) is 11.9. The number of carbonyl (C=O) groups is 1. The second-order valence-electron chi connectivity index (χ2n) is 5.99. The van der Waals surface area contributed by atoms with Crippen LogP contribution in [0.2, 0.25) is 0 Å². The van der Waals surface area contributed by atoms with Crippen LogP contribution in [0, 0.1) is 6.92 Å². The highest BCUT2D eigenvalue weighted by Crippen LogP contribution is 2.21.